The van der Waals surface area contributed by atoms with E-state index in [2.05, 4.69) is 6.07 Å². The van der Waals surface area contributed by atoms with Crippen molar-refractivity contribution >= 4 is 5.78 Å². The summed E-state index contributed by atoms with van der Waals surface area (Å²) in [6.45, 7) is 1.62. The third-order valence-corrected chi connectivity index (χ3v) is 3.11. The zero-order chi connectivity index (χ0) is 10.8. The molecule has 1 N–H and O–H groups in total. The van der Waals surface area contributed by atoms with Crippen LogP contribution < -0.4 is 0 Å². The SMILES string of the molecule is CC(=O)CC1CCCc2cccc(O)c21. The fourth-order valence-electron chi connectivity index (χ4n) is 2.52. The van der Waals surface area contributed by atoms with Crippen LogP contribution in [0.3, 0.4) is 0 Å². The van der Waals surface area contributed by atoms with Crippen LogP contribution in [0.5, 0.6) is 5.75 Å². The van der Waals surface area contributed by atoms with E-state index in [4.69, 9.17) is 0 Å². The first-order valence-corrected chi connectivity index (χ1v) is 5.48. The molecule has 0 spiro atoms. The highest BCUT2D eigenvalue weighted by Gasteiger charge is 2.23. The van der Waals surface area contributed by atoms with Crippen molar-refractivity contribution in [3.05, 3.63) is 29.3 Å². The number of benzene rings is 1. The van der Waals surface area contributed by atoms with Gasteiger partial charge in [0.15, 0.2) is 0 Å². The van der Waals surface area contributed by atoms with Crippen LogP contribution in [0.2, 0.25) is 0 Å². The minimum atomic E-state index is 0.205. The molecular weight excluding hydrogens is 188 g/mol. The number of hydrogen-bond donors (Lipinski definition) is 1. The Kier molecular flexibility index (Phi) is 2.76. The summed E-state index contributed by atoms with van der Waals surface area (Å²) in [5, 5.41) is 9.83. The summed E-state index contributed by atoms with van der Waals surface area (Å²) < 4.78 is 0. The van der Waals surface area contributed by atoms with Crippen molar-refractivity contribution in [1.29, 1.82) is 0 Å². The van der Waals surface area contributed by atoms with Crippen LogP contribution in [0.1, 0.15) is 43.2 Å². The number of phenols is 1. The van der Waals surface area contributed by atoms with E-state index in [1.54, 1.807) is 13.0 Å². The number of ketones is 1. The predicted octanol–water partition coefficient (Wildman–Crippen LogP) is 2.79. The lowest BCUT2D eigenvalue weighted by Gasteiger charge is -2.25. The van der Waals surface area contributed by atoms with Crippen molar-refractivity contribution in [1.82, 2.24) is 0 Å². The second-order valence-electron chi connectivity index (χ2n) is 4.35. The van der Waals surface area contributed by atoms with E-state index in [1.165, 1.54) is 5.56 Å². The fraction of sp³-hybridized carbons (Fsp3) is 0.462. The molecule has 0 fully saturated rings. The Balaban J connectivity index is 2.36. The average molecular weight is 204 g/mol. The van der Waals surface area contributed by atoms with E-state index >= 15 is 0 Å². The Morgan fingerprint density at radius 1 is 1.53 bits per heavy atom. The van der Waals surface area contributed by atoms with E-state index in [-0.39, 0.29) is 11.7 Å². The number of hydrogen-bond acceptors (Lipinski definition) is 2. The number of carbonyl (C=O) groups excluding carboxylic acids is 1. The number of rotatable bonds is 2. The van der Waals surface area contributed by atoms with Crippen molar-refractivity contribution in [3.8, 4) is 5.75 Å². The molecule has 0 bridgehead atoms. The minimum absolute atomic E-state index is 0.205. The van der Waals surface area contributed by atoms with Crippen molar-refractivity contribution < 1.29 is 9.90 Å². The molecule has 1 aromatic carbocycles. The van der Waals surface area contributed by atoms with E-state index < -0.39 is 0 Å². The molecule has 0 amide bonds. The van der Waals surface area contributed by atoms with Gasteiger partial charge in [-0.1, -0.05) is 12.1 Å². The van der Waals surface area contributed by atoms with Gasteiger partial charge in [0.05, 0.1) is 0 Å². The molecule has 1 unspecified atom stereocenters. The van der Waals surface area contributed by atoms with Crippen molar-refractivity contribution in [3.63, 3.8) is 0 Å². The molecule has 0 saturated carbocycles. The maximum atomic E-state index is 11.2. The Morgan fingerprint density at radius 2 is 2.33 bits per heavy atom. The average Bonchev–Trinajstić information content (AvgIpc) is 2.17. The number of carbonyl (C=O) groups is 1. The summed E-state index contributed by atoms with van der Waals surface area (Å²) in [5.74, 6) is 0.794. The molecule has 1 aliphatic rings. The molecule has 0 aliphatic heterocycles. The standard InChI is InChI=1S/C13H16O2/c1-9(14)8-11-6-2-4-10-5-3-7-12(15)13(10)11/h3,5,7,11,15H,2,4,6,8H2,1H3. The van der Waals surface area contributed by atoms with Crippen molar-refractivity contribution in [2.24, 2.45) is 0 Å². The van der Waals surface area contributed by atoms with Gasteiger partial charge in [0, 0.05) is 12.0 Å². The maximum absolute atomic E-state index is 11.2. The van der Waals surface area contributed by atoms with Gasteiger partial charge in [-0.25, -0.2) is 0 Å². The Hall–Kier alpha value is -1.31. The van der Waals surface area contributed by atoms with Gasteiger partial charge in [-0.2, -0.15) is 0 Å². The van der Waals surface area contributed by atoms with Crippen LogP contribution in [-0.4, -0.2) is 10.9 Å². The predicted molar refractivity (Wildman–Crippen MR) is 59.1 cm³/mol. The van der Waals surface area contributed by atoms with Gasteiger partial charge in [0.2, 0.25) is 0 Å². The second-order valence-corrected chi connectivity index (χ2v) is 4.35. The third kappa shape index (κ3) is 2.04. The van der Waals surface area contributed by atoms with E-state index in [9.17, 15) is 9.90 Å². The maximum Gasteiger partial charge on any atom is 0.130 e. The number of Topliss-reactive ketones (excluding diaryl/α,β-unsaturated/α-hetero) is 1. The number of fused-ring (bicyclic) bond motifs is 1. The molecule has 0 radical (unpaired) electrons. The second kappa shape index (κ2) is 4.05. The summed E-state index contributed by atoms with van der Waals surface area (Å²) in [7, 11) is 0. The topological polar surface area (TPSA) is 37.3 Å². The van der Waals surface area contributed by atoms with Gasteiger partial charge < -0.3 is 9.90 Å². The van der Waals surface area contributed by atoms with Crippen molar-refractivity contribution in [2.75, 3.05) is 0 Å². The zero-order valence-electron chi connectivity index (χ0n) is 8.99. The summed E-state index contributed by atoms with van der Waals surface area (Å²) in [6.07, 6.45) is 3.72. The minimum Gasteiger partial charge on any atom is -0.508 e. The Labute approximate surface area is 89.9 Å². The van der Waals surface area contributed by atoms with E-state index in [0.717, 1.165) is 24.8 Å². The highest BCUT2D eigenvalue weighted by Crippen LogP contribution is 2.39. The van der Waals surface area contributed by atoms with Crippen LogP contribution in [0.15, 0.2) is 18.2 Å². The lowest BCUT2D eigenvalue weighted by atomic mass is 9.80. The van der Waals surface area contributed by atoms with Crippen LogP contribution in [0.25, 0.3) is 0 Å². The quantitative estimate of drug-likeness (QED) is 0.804. The van der Waals surface area contributed by atoms with E-state index in [0.29, 0.717) is 12.2 Å². The third-order valence-electron chi connectivity index (χ3n) is 3.11. The van der Waals surface area contributed by atoms with Gasteiger partial charge in [-0.3, -0.25) is 0 Å². The van der Waals surface area contributed by atoms with E-state index in [1.807, 2.05) is 6.07 Å². The van der Waals surface area contributed by atoms with Crippen LogP contribution >= 0.6 is 0 Å². The van der Waals surface area contributed by atoms with Crippen LogP contribution in [-0.2, 0) is 11.2 Å². The normalized spacial score (nSPS) is 19.7. The molecule has 2 nitrogen and oxygen atoms in total. The molecule has 80 valence electrons. The smallest absolute Gasteiger partial charge is 0.130 e. The summed E-state index contributed by atoms with van der Waals surface area (Å²) >= 11 is 0. The first-order valence-electron chi connectivity index (χ1n) is 5.48. The molecule has 2 heteroatoms. The summed E-state index contributed by atoms with van der Waals surface area (Å²) in [6, 6.07) is 5.66. The van der Waals surface area contributed by atoms with Crippen LogP contribution in [0.4, 0.5) is 0 Å². The number of phenolic OH excluding ortho intramolecular Hbond substituents is 1. The van der Waals surface area contributed by atoms with Gasteiger partial charge in [0.1, 0.15) is 11.5 Å². The number of aromatic hydroxyl groups is 1. The first kappa shape index (κ1) is 10.2. The lowest BCUT2D eigenvalue weighted by Crippen LogP contribution is -2.12. The molecule has 0 heterocycles. The molecule has 1 atom stereocenters. The van der Waals surface area contributed by atoms with Gasteiger partial charge >= 0.3 is 0 Å². The largest absolute Gasteiger partial charge is 0.508 e. The molecular formula is C13H16O2. The van der Waals surface area contributed by atoms with Crippen molar-refractivity contribution in [2.45, 2.75) is 38.5 Å². The highest BCUT2D eigenvalue weighted by molar-refractivity contribution is 5.76. The molecule has 0 saturated heterocycles. The first-order chi connectivity index (χ1) is 7.18. The monoisotopic (exact) mass is 204 g/mol. The summed E-state index contributed by atoms with van der Waals surface area (Å²) in [5.41, 5.74) is 2.23. The van der Waals surface area contributed by atoms with Gasteiger partial charge in [0.25, 0.3) is 0 Å². The molecule has 15 heavy (non-hydrogen) atoms. The molecule has 1 aromatic rings. The molecule has 0 aromatic heterocycles. The fourth-order valence-corrected chi connectivity index (χ4v) is 2.52. The Bertz CT molecular complexity index is 382. The van der Waals surface area contributed by atoms with Gasteiger partial charge in [-0.05, 0) is 43.7 Å². The summed E-state index contributed by atoms with van der Waals surface area (Å²) in [4.78, 5) is 11.2. The van der Waals surface area contributed by atoms with Crippen LogP contribution in [0, 0.1) is 0 Å². The Morgan fingerprint density at radius 3 is 3.07 bits per heavy atom. The van der Waals surface area contributed by atoms with Gasteiger partial charge in [-0.15, -0.1) is 0 Å². The molecule has 2 rings (SSSR count). The zero-order valence-corrected chi connectivity index (χ0v) is 8.99. The number of aryl methyl sites for hydroxylation is 1. The molecule has 1 aliphatic carbocycles. The highest BCUT2D eigenvalue weighted by atomic mass is 16.3. The lowest BCUT2D eigenvalue weighted by molar-refractivity contribution is -0.117.